The summed E-state index contributed by atoms with van der Waals surface area (Å²) < 4.78 is 17.8. The van der Waals surface area contributed by atoms with Gasteiger partial charge in [-0.3, -0.25) is 0 Å². The van der Waals surface area contributed by atoms with Crippen LogP contribution in [0.1, 0.15) is 11.1 Å². The van der Waals surface area contributed by atoms with Crippen LogP contribution < -0.4 is 0 Å². The van der Waals surface area contributed by atoms with Crippen molar-refractivity contribution in [2.75, 3.05) is 0 Å². The lowest BCUT2D eigenvalue weighted by Crippen LogP contribution is -2.05. The van der Waals surface area contributed by atoms with Crippen LogP contribution >= 0.6 is 0 Å². The number of aromatic nitrogens is 2. The Hall–Kier alpha value is -8.06. The van der Waals surface area contributed by atoms with E-state index < -0.39 is 0 Å². The summed E-state index contributed by atoms with van der Waals surface area (Å²) in [6.45, 7) is 0. The molecular formula is C50H26N4O2. The number of rotatable bonds is 3. The molecule has 12 aromatic rings. The van der Waals surface area contributed by atoms with Crippen LogP contribution in [0.4, 0.5) is 0 Å². The zero-order chi connectivity index (χ0) is 37.1. The number of nitriles is 2. The lowest BCUT2D eigenvalue weighted by molar-refractivity contribution is 0.671. The van der Waals surface area contributed by atoms with Gasteiger partial charge in [0.2, 0.25) is 0 Å². The summed E-state index contributed by atoms with van der Waals surface area (Å²) in [6.07, 6.45) is 0. The highest BCUT2D eigenvalue weighted by atomic mass is 16.3. The second kappa shape index (κ2) is 11.2. The summed E-state index contributed by atoms with van der Waals surface area (Å²) in [4.78, 5) is 0. The van der Waals surface area contributed by atoms with Crippen molar-refractivity contribution in [1.82, 2.24) is 9.13 Å². The van der Waals surface area contributed by atoms with E-state index in [1.807, 2.05) is 84.9 Å². The molecule has 0 spiro atoms. The number of fused-ring (bicyclic) bond motifs is 14. The molecule has 0 atom stereocenters. The van der Waals surface area contributed by atoms with Gasteiger partial charge < -0.3 is 18.0 Å². The van der Waals surface area contributed by atoms with Crippen LogP contribution in [0.25, 0.3) is 110 Å². The first-order chi connectivity index (χ1) is 27.7. The monoisotopic (exact) mass is 714 g/mol. The molecule has 0 saturated carbocycles. The molecular weight excluding hydrogens is 689 g/mol. The molecule has 4 heterocycles. The molecule has 6 nitrogen and oxygen atoms in total. The van der Waals surface area contributed by atoms with E-state index in [9.17, 15) is 10.5 Å². The van der Waals surface area contributed by atoms with Gasteiger partial charge in [-0.1, -0.05) is 97.1 Å². The fourth-order valence-corrected chi connectivity index (χ4v) is 8.98. The van der Waals surface area contributed by atoms with Gasteiger partial charge in [-0.05, 0) is 71.8 Å². The van der Waals surface area contributed by atoms with Crippen molar-refractivity contribution in [1.29, 1.82) is 10.5 Å². The number of furan rings is 2. The van der Waals surface area contributed by atoms with Gasteiger partial charge in [0, 0.05) is 43.1 Å². The minimum absolute atomic E-state index is 0.483. The Morgan fingerprint density at radius 3 is 1.39 bits per heavy atom. The van der Waals surface area contributed by atoms with E-state index in [-0.39, 0.29) is 0 Å². The van der Waals surface area contributed by atoms with Crippen LogP contribution in [0, 0.1) is 22.7 Å². The number of hydrogen-bond donors (Lipinski definition) is 0. The maximum absolute atomic E-state index is 11.5. The van der Waals surface area contributed by atoms with Crippen LogP contribution in [0.3, 0.4) is 0 Å². The summed E-state index contributed by atoms with van der Waals surface area (Å²) >= 11 is 0. The normalized spacial score (nSPS) is 11.9. The molecule has 0 saturated heterocycles. The summed E-state index contributed by atoms with van der Waals surface area (Å²) in [7, 11) is 0. The second-order valence-electron chi connectivity index (χ2n) is 14.3. The zero-order valence-corrected chi connectivity index (χ0v) is 29.6. The maximum Gasteiger partial charge on any atom is 0.160 e. The molecule has 0 unspecified atom stereocenters. The highest BCUT2D eigenvalue weighted by Gasteiger charge is 2.26. The van der Waals surface area contributed by atoms with E-state index in [1.54, 1.807) is 0 Å². The summed E-state index contributed by atoms with van der Waals surface area (Å²) in [5, 5.41) is 29.7. The molecule has 12 rings (SSSR count). The fraction of sp³-hybridized carbons (Fsp3) is 0. The molecule has 8 aromatic carbocycles. The van der Waals surface area contributed by atoms with Gasteiger partial charge in [0.25, 0.3) is 0 Å². The Labute approximate surface area is 318 Å². The first-order valence-electron chi connectivity index (χ1n) is 18.5. The molecule has 0 amide bonds. The first kappa shape index (κ1) is 30.4. The van der Waals surface area contributed by atoms with Crippen LogP contribution in [-0.2, 0) is 0 Å². The van der Waals surface area contributed by atoms with E-state index in [0.29, 0.717) is 22.5 Å². The molecule has 258 valence electrons. The lowest BCUT2D eigenvalue weighted by Gasteiger charge is -2.18. The molecule has 56 heavy (non-hydrogen) atoms. The molecule has 0 aliphatic rings. The Morgan fingerprint density at radius 1 is 0.393 bits per heavy atom. The topological polar surface area (TPSA) is 83.7 Å². The second-order valence-corrected chi connectivity index (χ2v) is 14.3. The van der Waals surface area contributed by atoms with Gasteiger partial charge in [-0.2, -0.15) is 10.5 Å². The van der Waals surface area contributed by atoms with Crippen LogP contribution in [-0.4, -0.2) is 9.13 Å². The van der Waals surface area contributed by atoms with Crippen molar-refractivity contribution in [2.45, 2.75) is 0 Å². The zero-order valence-electron chi connectivity index (χ0n) is 29.6. The smallest absolute Gasteiger partial charge is 0.160 e. The quantitative estimate of drug-likeness (QED) is 0.182. The van der Waals surface area contributed by atoms with Crippen molar-refractivity contribution in [2.24, 2.45) is 0 Å². The molecule has 6 heteroatoms. The molecule has 0 bridgehead atoms. The highest BCUT2D eigenvalue weighted by Crippen LogP contribution is 2.45. The van der Waals surface area contributed by atoms with E-state index in [1.165, 1.54) is 0 Å². The Bertz CT molecular complexity index is 3540. The third kappa shape index (κ3) is 4.02. The van der Waals surface area contributed by atoms with Crippen LogP contribution in [0.5, 0.6) is 0 Å². The average molecular weight is 715 g/mol. The number of para-hydroxylation sites is 4. The summed E-state index contributed by atoms with van der Waals surface area (Å²) in [5.74, 6) is 0. The minimum Gasteiger partial charge on any atom is -0.454 e. The van der Waals surface area contributed by atoms with Gasteiger partial charge in [0.15, 0.2) is 11.2 Å². The predicted molar refractivity (Wildman–Crippen MR) is 225 cm³/mol. The van der Waals surface area contributed by atoms with Gasteiger partial charge in [-0.25, -0.2) is 0 Å². The first-order valence-corrected chi connectivity index (χ1v) is 18.5. The standard InChI is InChI=1S/C50H26N4O2/c51-27-29-10-9-11-30(24-29)31-25-43(53-41-16-5-1-12-32(41)36-20-22-38-34-14-3-7-18-45(34)55-49(38)47(36)53)40(28-52)44(26-31)54-42-17-6-2-13-33(42)37-21-23-39-35-15-4-8-19-46(35)56-50(39)48(37)54/h1-26H. The van der Waals surface area contributed by atoms with Crippen LogP contribution in [0.2, 0.25) is 0 Å². The Morgan fingerprint density at radius 2 is 0.875 bits per heavy atom. The molecule has 0 aliphatic carbocycles. The van der Waals surface area contributed by atoms with E-state index in [0.717, 1.165) is 98.6 Å². The van der Waals surface area contributed by atoms with Gasteiger partial charge in [-0.15, -0.1) is 0 Å². The number of hydrogen-bond acceptors (Lipinski definition) is 4. The van der Waals surface area contributed by atoms with Crippen LogP contribution in [0.15, 0.2) is 167 Å². The maximum atomic E-state index is 11.5. The SMILES string of the molecule is N#Cc1cccc(-c2cc(-n3c4ccccc4c4ccc5c6ccccc6oc5c43)c(C#N)c(-n3c4ccccc4c4ccc5c6ccccc6oc5c43)c2)c1. The molecule has 0 fully saturated rings. The fourth-order valence-electron chi connectivity index (χ4n) is 8.98. The molecule has 4 aromatic heterocycles. The van der Waals surface area contributed by atoms with Crippen molar-refractivity contribution in [3.8, 4) is 34.6 Å². The van der Waals surface area contributed by atoms with E-state index in [4.69, 9.17) is 8.83 Å². The Kier molecular flexibility index (Phi) is 6.10. The number of nitrogens with zero attached hydrogens (tertiary/aromatic N) is 4. The van der Waals surface area contributed by atoms with Gasteiger partial charge in [0.05, 0.1) is 45.1 Å². The summed E-state index contributed by atoms with van der Waals surface area (Å²) in [6, 6.07) is 58.2. The largest absolute Gasteiger partial charge is 0.454 e. The van der Waals surface area contributed by atoms with Gasteiger partial charge >= 0.3 is 0 Å². The Balaban J connectivity index is 1.30. The molecule has 0 aliphatic heterocycles. The van der Waals surface area contributed by atoms with Gasteiger partial charge in [0.1, 0.15) is 22.8 Å². The van der Waals surface area contributed by atoms with Crippen molar-refractivity contribution in [3.05, 3.63) is 169 Å². The van der Waals surface area contributed by atoms with E-state index in [2.05, 4.69) is 94.1 Å². The third-order valence-electron chi connectivity index (χ3n) is 11.4. The molecule has 0 N–H and O–H groups in total. The third-order valence-corrected chi connectivity index (χ3v) is 11.4. The lowest BCUT2D eigenvalue weighted by atomic mass is 9.98. The molecule has 0 radical (unpaired) electrons. The van der Waals surface area contributed by atoms with Crippen molar-refractivity contribution < 1.29 is 8.83 Å². The van der Waals surface area contributed by atoms with Crippen molar-refractivity contribution >= 4 is 87.5 Å². The van der Waals surface area contributed by atoms with E-state index >= 15 is 0 Å². The predicted octanol–water partition coefficient (Wildman–Crippen LogP) is 13.1. The minimum atomic E-state index is 0.483. The van der Waals surface area contributed by atoms with Crippen molar-refractivity contribution in [3.63, 3.8) is 0 Å². The summed E-state index contributed by atoms with van der Waals surface area (Å²) in [5.41, 5.74) is 10.9. The number of benzene rings is 8. The average Bonchev–Trinajstić information content (AvgIpc) is 4.01. The highest BCUT2D eigenvalue weighted by molar-refractivity contribution is 6.23.